The Hall–Kier alpha value is -4.86. The Balaban J connectivity index is 1.03. The van der Waals surface area contributed by atoms with E-state index in [1.807, 2.05) is 4.90 Å². The van der Waals surface area contributed by atoms with E-state index in [4.69, 9.17) is 14.9 Å². The van der Waals surface area contributed by atoms with Gasteiger partial charge in [-0.05, 0) is 22.6 Å². The molecule has 0 spiro atoms. The molecule has 4 N–H and O–H groups in total. The second-order valence-corrected chi connectivity index (χ2v) is 8.81. The summed E-state index contributed by atoms with van der Waals surface area (Å²) in [6.45, 7) is 3.73. The number of nitrogens with two attached hydrogens (primary N) is 1. The number of aromatic nitrogens is 8. The first-order chi connectivity index (χ1) is 19.0. The van der Waals surface area contributed by atoms with Crippen molar-refractivity contribution in [3.8, 4) is 17.2 Å². The van der Waals surface area contributed by atoms with Crippen LogP contribution in [0.25, 0.3) is 17.1 Å². The molecule has 1 aliphatic heterocycles. The second kappa shape index (κ2) is 10.5. The van der Waals surface area contributed by atoms with E-state index in [9.17, 15) is 8.78 Å². The maximum absolute atomic E-state index is 14.6. The number of nitrogen functional groups attached to an aromatic ring is 1. The van der Waals surface area contributed by atoms with Crippen LogP contribution in [0.3, 0.4) is 0 Å². The van der Waals surface area contributed by atoms with Gasteiger partial charge >= 0.3 is 0 Å². The minimum Gasteiger partial charge on any atom is -0.482 e. The summed E-state index contributed by atoms with van der Waals surface area (Å²) in [6.07, 6.45) is 1.57. The average Bonchev–Trinajstić information content (AvgIpc) is 3.71. The lowest BCUT2D eigenvalue weighted by Gasteiger charge is -2.36. The zero-order valence-corrected chi connectivity index (χ0v) is 20.6. The Morgan fingerprint density at radius 3 is 2.74 bits per heavy atom. The average molecular weight is 539 g/mol. The molecule has 0 radical (unpaired) electrons. The highest BCUT2D eigenvalue weighted by molar-refractivity contribution is 5.61. The Kier molecular flexibility index (Phi) is 6.58. The number of tetrazole rings is 1. The number of hydrogen-bond donors (Lipinski definition) is 3. The first-order valence-corrected chi connectivity index (χ1v) is 12.2. The highest BCUT2D eigenvalue weighted by atomic mass is 19.1. The summed E-state index contributed by atoms with van der Waals surface area (Å²) in [7, 11) is 0. The molecule has 0 bridgehead atoms. The van der Waals surface area contributed by atoms with Crippen molar-refractivity contribution in [2.24, 2.45) is 0 Å². The Labute approximate surface area is 219 Å². The van der Waals surface area contributed by atoms with E-state index in [1.54, 1.807) is 24.5 Å². The van der Waals surface area contributed by atoms with Crippen LogP contribution in [0.4, 0.5) is 26.4 Å². The Morgan fingerprint density at radius 2 is 1.97 bits per heavy atom. The van der Waals surface area contributed by atoms with Crippen LogP contribution in [0, 0.1) is 11.6 Å². The fourth-order valence-corrected chi connectivity index (χ4v) is 4.33. The number of rotatable bonds is 9. The molecule has 0 aliphatic carbocycles. The van der Waals surface area contributed by atoms with Crippen LogP contribution in [-0.4, -0.2) is 84.4 Å². The summed E-state index contributed by atoms with van der Waals surface area (Å²) in [5.74, 6) is 0.0444. The van der Waals surface area contributed by atoms with Gasteiger partial charge in [0.2, 0.25) is 11.9 Å². The summed E-state index contributed by atoms with van der Waals surface area (Å²) in [5, 5.41) is 20.7. The maximum atomic E-state index is 14.6. The van der Waals surface area contributed by atoms with Gasteiger partial charge in [-0.3, -0.25) is 4.90 Å². The van der Waals surface area contributed by atoms with Crippen LogP contribution in [0.1, 0.15) is 5.82 Å². The van der Waals surface area contributed by atoms with Crippen molar-refractivity contribution >= 4 is 23.2 Å². The van der Waals surface area contributed by atoms with Gasteiger partial charge in [0.25, 0.3) is 0 Å². The quantitative estimate of drug-likeness (QED) is 0.248. The summed E-state index contributed by atoms with van der Waals surface area (Å²) in [5.41, 5.74) is 7.52. The first kappa shape index (κ1) is 24.5. The predicted molar refractivity (Wildman–Crippen MR) is 135 cm³/mol. The number of fused-ring (bicyclic) bond motifs is 1. The fourth-order valence-electron chi connectivity index (χ4n) is 4.33. The number of anilines is 3. The summed E-state index contributed by atoms with van der Waals surface area (Å²) >= 11 is 0. The molecule has 0 saturated carbocycles. The van der Waals surface area contributed by atoms with Gasteiger partial charge in [0, 0.05) is 57.5 Å². The number of piperazine rings is 1. The predicted octanol–water partition coefficient (Wildman–Crippen LogP) is 1.57. The molecule has 6 rings (SSSR count). The largest absolute Gasteiger partial charge is 0.482 e. The topological polar surface area (TPSA) is 164 Å². The van der Waals surface area contributed by atoms with Crippen molar-refractivity contribution in [1.82, 2.24) is 45.1 Å². The van der Waals surface area contributed by atoms with E-state index in [0.29, 0.717) is 68.1 Å². The smallest absolute Gasteiger partial charge is 0.228 e. The molecule has 0 unspecified atom stereocenters. The highest BCUT2D eigenvalue weighted by Gasteiger charge is 2.22. The summed E-state index contributed by atoms with van der Waals surface area (Å²) < 4.78 is 41.2. The number of benzene rings is 1. The lowest BCUT2D eigenvalue weighted by atomic mass is 10.2. The van der Waals surface area contributed by atoms with E-state index in [2.05, 4.69) is 45.9 Å². The number of nitrogens with zero attached hydrogens (tertiary/aromatic N) is 9. The van der Waals surface area contributed by atoms with E-state index < -0.39 is 11.6 Å². The lowest BCUT2D eigenvalue weighted by Crippen LogP contribution is -2.48. The number of H-pyrrole nitrogens is 1. The molecule has 14 nitrogen and oxygen atoms in total. The van der Waals surface area contributed by atoms with Gasteiger partial charge in [-0.15, -0.1) is 5.10 Å². The van der Waals surface area contributed by atoms with Crippen molar-refractivity contribution < 1.29 is 17.9 Å². The van der Waals surface area contributed by atoms with Gasteiger partial charge < -0.3 is 25.1 Å². The van der Waals surface area contributed by atoms with Gasteiger partial charge in [-0.25, -0.2) is 13.9 Å². The Bertz CT molecular complexity index is 1550. The number of halogens is 2. The second-order valence-electron chi connectivity index (χ2n) is 8.81. The van der Waals surface area contributed by atoms with Crippen molar-refractivity contribution in [3.63, 3.8) is 0 Å². The first-order valence-electron chi connectivity index (χ1n) is 12.2. The lowest BCUT2D eigenvalue weighted by molar-refractivity contribution is 0.265. The molecule has 0 amide bonds. The number of aromatic amines is 1. The molecule has 16 heteroatoms. The van der Waals surface area contributed by atoms with Crippen molar-refractivity contribution in [1.29, 1.82) is 0 Å². The van der Waals surface area contributed by atoms with Crippen molar-refractivity contribution in [2.45, 2.75) is 6.61 Å². The SMILES string of the molecule is Nc1nc(NCCN2CCN(c3cc(OCc4nnn[nH]4)c(F)cc3F)CC2)nc2cc(-c3ccco3)nn12. The number of furan rings is 1. The molecule has 39 heavy (non-hydrogen) atoms. The van der Waals surface area contributed by atoms with E-state index >= 15 is 0 Å². The number of hydrogen-bond acceptors (Lipinski definition) is 12. The fraction of sp³-hybridized carbons (Fsp3) is 0.304. The van der Waals surface area contributed by atoms with E-state index in [-0.39, 0.29) is 24.0 Å². The van der Waals surface area contributed by atoms with Gasteiger partial charge in [-0.2, -0.15) is 19.6 Å². The van der Waals surface area contributed by atoms with Crippen molar-refractivity contribution in [3.05, 3.63) is 54.1 Å². The third-order valence-corrected chi connectivity index (χ3v) is 6.30. The van der Waals surface area contributed by atoms with Crippen LogP contribution >= 0.6 is 0 Å². The van der Waals surface area contributed by atoms with Crippen LogP contribution in [0.2, 0.25) is 0 Å². The normalized spacial score (nSPS) is 14.3. The standard InChI is InChI=1S/C23H24F2N12O2/c24-14-10-15(25)19(39-13-20-30-33-34-31-20)12-17(14)36-7-5-35(6-8-36)4-3-27-23-28-21-11-16(18-2-1-9-38-18)32-37(21)22(26)29-23/h1-2,9-12H,3-8,13H2,(H3,26,27,28,29)(H,30,31,33,34). The molecule has 1 aromatic carbocycles. The van der Waals surface area contributed by atoms with Crippen LogP contribution in [0.5, 0.6) is 5.75 Å². The summed E-state index contributed by atoms with van der Waals surface area (Å²) in [4.78, 5) is 12.9. The Morgan fingerprint density at radius 1 is 1.10 bits per heavy atom. The van der Waals surface area contributed by atoms with Crippen molar-refractivity contribution in [2.75, 3.05) is 55.2 Å². The highest BCUT2D eigenvalue weighted by Crippen LogP contribution is 2.29. The minimum atomic E-state index is -0.789. The number of nitrogens with one attached hydrogen (secondary N) is 2. The third kappa shape index (κ3) is 5.26. The molecule has 1 saturated heterocycles. The zero-order chi connectivity index (χ0) is 26.8. The molecular weight excluding hydrogens is 514 g/mol. The molecule has 1 fully saturated rings. The van der Waals surface area contributed by atoms with Gasteiger partial charge in [0.1, 0.15) is 18.1 Å². The van der Waals surface area contributed by atoms with Gasteiger partial charge in [0.15, 0.2) is 28.8 Å². The van der Waals surface area contributed by atoms with Crippen LogP contribution in [-0.2, 0) is 6.61 Å². The molecular formula is C23H24F2N12O2. The summed E-state index contributed by atoms with van der Waals surface area (Å²) in [6, 6.07) is 7.57. The van der Waals surface area contributed by atoms with Gasteiger partial charge in [-0.1, -0.05) is 0 Å². The molecule has 0 atom stereocenters. The molecule has 5 heterocycles. The molecule has 4 aromatic heterocycles. The molecule has 5 aromatic rings. The third-order valence-electron chi connectivity index (χ3n) is 6.30. The van der Waals surface area contributed by atoms with E-state index in [1.165, 1.54) is 10.6 Å². The van der Waals surface area contributed by atoms with Gasteiger partial charge in [0.05, 0.1) is 12.0 Å². The monoisotopic (exact) mass is 538 g/mol. The minimum absolute atomic E-state index is 0.0652. The maximum Gasteiger partial charge on any atom is 0.228 e. The number of ether oxygens (including phenoxy) is 1. The molecule has 202 valence electrons. The van der Waals surface area contributed by atoms with Crippen LogP contribution < -0.4 is 20.7 Å². The van der Waals surface area contributed by atoms with Crippen LogP contribution in [0.15, 0.2) is 41.0 Å². The van der Waals surface area contributed by atoms with E-state index in [0.717, 1.165) is 6.07 Å². The molecule has 1 aliphatic rings. The zero-order valence-electron chi connectivity index (χ0n) is 20.6.